The van der Waals surface area contributed by atoms with Crippen LogP contribution in [-0.4, -0.2) is 0 Å². The first-order chi connectivity index (χ1) is 7.79. The van der Waals surface area contributed by atoms with Crippen molar-refractivity contribution >= 4 is 0 Å². The van der Waals surface area contributed by atoms with Gasteiger partial charge >= 0.3 is 0 Å². The van der Waals surface area contributed by atoms with E-state index < -0.39 is 0 Å². The van der Waals surface area contributed by atoms with Gasteiger partial charge in [-0.3, -0.25) is 0 Å². The lowest BCUT2D eigenvalue weighted by molar-refractivity contribution is -0.0470. The zero-order valence-corrected chi connectivity index (χ0v) is 11.1. The molecular formula is C16H28. The summed E-state index contributed by atoms with van der Waals surface area (Å²) >= 11 is 0. The van der Waals surface area contributed by atoms with Gasteiger partial charge in [-0.2, -0.15) is 0 Å². The third-order valence-electron chi connectivity index (χ3n) is 6.45. The molecule has 0 heteroatoms. The van der Waals surface area contributed by atoms with Gasteiger partial charge in [-0.25, -0.2) is 0 Å². The Morgan fingerprint density at radius 3 is 1.00 bits per heavy atom. The van der Waals surface area contributed by atoms with Gasteiger partial charge in [0.1, 0.15) is 0 Å². The highest BCUT2D eigenvalue weighted by Gasteiger charge is 2.47. The average molecular weight is 220 g/mol. The molecule has 0 heterocycles. The Kier molecular flexibility index (Phi) is 3.02. The van der Waals surface area contributed by atoms with E-state index in [1.54, 1.807) is 25.7 Å². The minimum Gasteiger partial charge on any atom is -0.0620 e. The summed E-state index contributed by atoms with van der Waals surface area (Å²) in [6, 6.07) is 0. The fourth-order valence-corrected chi connectivity index (χ4v) is 5.62. The van der Waals surface area contributed by atoms with Crippen molar-refractivity contribution in [3.8, 4) is 0 Å². The van der Waals surface area contributed by atoms with Crippen molar-refractivity contribution in [3.05, 3.63) is 0 Å². The van der Waals surface area contributed by atoms with Crippen LogP contribution in [0, 0.1) is 35.5 Å². The Bertz CT molecular complexity index is 194. The molecule has 16 heavy (non-hydrogen) atoms. The van der Waals surface area contributed by atoms with Crippen molar-refractivity contribution in [2.45, 2.75) is 65.2 Å². The Labute approximate surface area is 101 Å². The molecule has 3 aliphatic carbocycles. The van der Waals surface area contributed by atoms with Gasteiger partial charge in [0.25, 0.3) is 0 Å². The Hall–Kier alpha value is 0. The van der Waals surface area contributed by atoms with Crippen LogP contribution >= 0.6 is 0 Å². The maximum atomic E-state index is 2.60. The molecule has 0 aliphatic heterocycles. The standard InChI is InChI=1S/C16H28/c1-11-13-7-3-5-9-15(13)12(2)16-10-6-4-8-14(11)16/h11-16H,3-10H2,1-2H3/t11?,12?,13-,14+,15+,16-. The molecule has 0 aromatic rings. The first-order valence-electron chi connectivity index (χ1n) is 7.79. The highest BCUT2D eigenvalue weighted by molar-refractivity contribution is 4.96. The van der Waals surface area contributed by atoms with Crippen LogP contribution in [0.2, 0.25) is 0 Å². The van der Waals surface area contributed by atoms with Crippen LogP contribution in [0.3, 0.4) is 0 Å². The molecule has 0 amide bonds. The van der Waals surface area contributed by atoms with Crippen molar-refractivity contribution < 1.29 is 0 Å². The van der Waals surface area contributed by atoms with Gasteiger partial charge in [0, 0.05) is 0 Å². The summed E-state index contributed by atoms with van der Waals surface area (Å²) in [6.07, 6.45) is 12.3. The molecule has 0 spiro atoms. The summed E-state index contributed by atoms with van der Waals surface area (Å²) in [6.45, 7) is 5.19. The van der Waals surface area contributed by atoms with E-state index in [9.17, 15) is 0 Å². The van der Waals surface area contributed by atoms with Gasteiger partial charge in [-0.05, 0) is 61.2 Å². The van der Waals surface area contributed by atoms with Gasteiger partial charge in [0.15, 0.2) is 0 Å². The molecule has 0 nitrogen and oxygen atoms in total. The SMILES string of the molecule is CC1[C@H]2CCCC[C@H]2C(C)[C@H]2CCCC[C@@H]12. The fourth-order valence-electron chi connectivity index (χ4n) is 5.62. The normalized spacial score (nSPS) is 52.9. The molecule has 0 bridgehead atoms. The van der Waals surface area contributed by atoms with Crippen molar-refractivity contribution in [3.63, 3.8) is 0 Å². The van der Waals surface area contributed by atoms with Crippen LogP contribution in [0.15, 0.2) is 0 Å². The highest BCUT2D eigenvalue weighted by Crippen LogP contribution is 2.55. The van der Waals surface area contributed by atoms with Gasteiger partial charge < -0.3 is 0 Å². The van der Waals surface area contributed by atoms with Crippen LogP contribution in [0.5, 0.6) is 0 Å². The van der Waals surface area contributed by atoms with Gasteiger partial charge in [-0.1, -0.05) is 39.5 Å². The molecule has 3 saturated carbocycles. The molecule has 3 rings (SSSR count). The van der Waals surface area contributed by atoms with Crippen molar-refractivity contribution in [2.75, 3.05) is 0 Å². The third-order valence-corrected chi connectivity index (χ3v) is 6.45. The smallest absolute Gasteiger partial charge is 0.0355 e. The molecule has 0 aromatic carbocycles. The average Bonchev–Trinajstić information content (AvgIpc) is 2.36. The second-order valence-corrected chi connectivity index (χ2v) is 6.94. The lowest BCUT2D eigenvalue weighted by Crippen LogP contribution is -2.46. The minimum absolute atomic E-state index is 1.05. The zero-order valence-electron chi connectivity index (χ0n) is 11.1. The van der Waals surface area contributed by atoms with Crippen molar-refractivity contribution in [2.24, 2.45) is 35.5 Å². The monoisotopic (exact) mass is 220 g/mol. The Morgan fingerprint density at radius 2 is 0.750 bits per heavy atom. The second-order valence-electron chi connectivity index (χ2n) is 6.94. The van der Waals surface area contributed by atoms with E-state index in [1.165, 1.54) is 25.7 Å². The number of hydrogen-bond acceptors (Lipinski definition) is 0. The molecule has 0 radical (unpaired) electrons. The van der Waals surface area contributed by atoms with E-state index in [0.717, 1.165) is 35.5 Å². The molecular weight excluding hydrogens is 192 g/mol. The molecule has 3 aliphatic rings. The molecule has 0 saturated heterocycles. The summed E-state index contributed by atoms with van der Waals surface area (Å²) in [4.78, 5) is 0. The van der Waals surface area contributed by atoms with Crippen molar-refractivity contribution in [1.82, 2.24) is 0 Å². The summed E-state index contributed by atoms with van der Waals surface area (Å²) < 4.78 is 0. The quantitative estimate of drug-likeness (QED) is 0.545. The topological polar surface area (TPSA) is 0 Å². The lowest BCUT2D eigenvalue weighted by Gasteiger charge is -2.54. The van der Waals surface area contributed by atoms with Gasteiger partial charge in [0.2, 0.25) is 0 Å². The van der Waals surface area contributed by atoms with Crippen LogP contribution < -0.4 is 0 Å². The molecule has 92 valence electrons. The maximum Gasteiger partial charge on any atom is -0.0355 e. The van der Waals surface area contributed by atoms with Gasteiger partial charge in [-0.15, -0.1) is 0 Å². The molecule has 3 fully saturated rings. The van der Waals surface area contributed by atoms with Crippen LogP contribution in [0.25, 0.3) is 0 Å². The predicted octanol–water partition coefficient (Wildman–Crippen LogP) is 4.89. The van der Waals surface area contributed by atoms with E-state index >= 15 is 0 Å². The van der Waals surface area contributed by atoms with E-state index in [1.807, 2.05) is 0 Å². The number of fused-ring (bicyclic) bond motifs is 2. The largest absolute Gasteiger partial charge is 0.0620 e. The van der Waals surface area contributed by atoms with E-state index in [4.69, 9.17) is 0 Å². The highest BCUT2D eigenvalue weighted by atomic mass is 14.5. The van der Waals surface area contributed by atoms with E-state index in [-0.39, 0.29) is 0 Å². The third kappa shape index (κ3) is 1.64. The Morgan fingerprint density at radius 1 is 0.500 bits per heavy atom. The molecule has 6 atom stereocenters. The van der Waals surface area contributed by atoms with Crippen LogP contribution in [-0.2, 0) is 0 Å². The summed E-state index contributed by atoms with van der Waals surface area (Å²) in [5, 5.41) is 0. The zero-order chi connectivity index (χ0) is 11.1. The van der Waals surface area contributed by atoms with E-state index in [0.29, 0.717) is 0 Å². The predicted molar refractivity (Wildman–Crippen MR) is 69.2 cm³/mol. The minimum atomic E-state index is 1.05. The van der Waals surface area contributed by atoms with Crippen LogP contribution in [0.4, 0.5) is 0 Å². The second kappa shape index (κ2) is 4.35. The molecule has 0 aromatic heterocycles. The molecule has 0 N–H and O–H groups in total. The summed E-state index contributed by atoms with van der Waals surface area (Å²) in [5.74, 6) is 6.50. The molecule has 2 unspecified atom stereocenters. The van der Waals surface area contributed by atoms with Crippen molar-refractivity contribution in [1.29, 1.82) is 0 Å². The maximum absolute atomic E-state index is 2.60. The number of rotatable bonds is 0. The van der Waals surface area contributed by atoms with Gasteiger partial charge in [0.05, 0.1) is 0 Å². The summed E-state index contributed by atoms with van der Waals surface area (Å²) in [7, 11) is 0. The van der Waals surface area contributed by atoms with Crippen LogP contribution in [0.1, 0.15) is 65.2 Å². The summed E-state index contributed by atoms with van der Waals surface area (Å²) in [5.41, 5.74) is 0. The number of hydrogen-bond donors (Lipinski definition) is 0. The fraction of sp³-hybridized carbons (Fsp3) is 1.00. The Balaban J connectivity index is 1.83. The first kappa shape index (κ1) is 11.1. The van der Waals surface area contributed by atoms with E-state index in [2.05, 4.69) is 13.8 Å². The lowest BCUT2D eigenvalue weighted by atomic mass is 9.51. The first-order valence-corrected chi connectivity index (χ1v) is 7.79.